The Kier molecular flexibility index (Phi) is 3.59. The first-order valence-electron chi connectivity index (χ1n) is 5.55. The fourth-order valence-electron chi connectivity index (χ4n) is 1.88. The fourth-order valence-corrected chi connectivity index (χ4v) is 2.66. The minimum atomic E-state index is 0.399. The maximum Gasteiger partial charge on any atom is 0.185 e. The van der Waals surface area contributed by atoms with Gasteiger partial charge in [0.05, 0.1) is 6.10 Å². The van der Waals surface area contributed by atoms with E-state index >= 15 is 0 Å². The van der Waals surface area contributed by atoms with Crippen molar-refractivity contribution in [1.29, 1.82) is 0 Å². The smallest absolute Gasteiger partial charge is 0.185 e. The zero-order valence-electron chi connectivity index (χ0n) is 9.35. The Morgan fingerprint density at radius 2 is 2.53 bits per heavy atom. The molecule has 4 heteroatoms. The van der Waals surface area contributed by atoms with Crippen LogP contribution < -0.4 is 4.90 Å². The molecule has 1 aromatic rings. The number of anilines is 1. The van der Waals surface area contributed by atoms with Gasteiger partial charge in [-0.25, -0.2) is 4.98 Å². The van der Waals surface area contributed by atoms with E-state index in [1.165, 1.54) is 12.8 Å². The van der Waals surface area contributed by atoms with Crippen molar-refractivity contribution < 1.29 is 4.74 Å². The molecule has 3 nitrogen and oxygen atoms in total. The zero-order chi connectivity index (χ0) is 10.7. The molecule has 0 N–H and O–H groups in total. The number of ether oxygens (including phenoxy) is 1. The summed E-state index contributed by atoms with van der Waals surface area (Å²) in [6.07, 6.45) is 4.66. The van der Waals surface area contributed by atoms with Gasteiger partial charge < -0.3 is 9.64 Å². The van der Waals surface area contributed by atoms with Crippen LogP contribution in [0, 0.1) is 0 Å². The summed E-state index contributed by atoms with van der Waals surface area (Å²) < 4.78 is 5.67. The van der Waals surface area contributed by atoms with Crippen molar-refractivity contribution in [3.63, 3.8) is 0 Å². The van der Waals surface area contributed by atoms with E-state index in [1.807, 2.05) is 11.6 Å². The molecule has 1 aliphatic heterocycles. The van der Waals surface area contributed by atoms with Gasteiger partial charge in [0.25, 0.3) is 0 Å². The van der Waals surface area contributed by atoms with Gasteiger partial charge >= 0.3 is 0 Å². The monoisotopic (exact) mass is 226 g/mol. The summed E-state index contributed by atoms with van der Waals surface area (Å²) in [6, 6.07) is 0.486. The summed E-state index contributed by atoms with van der Waals surface area (Å²) in [5.41, 5.74) is 0. The first-order valence-corrected chi connectivity index (χ1v) is 6.43. The summed E-state index contributed by atoms with van der Waals surface area (Å²) in [5.74, 6) is 0. The van der Waals surface area contributed by atoms with Crippen molar-refractivity contribution in [2.45, 2.75) is 38.8 Å². The van der Waals surface area contributed by atoms with Crippen LogP contribution >= 0.6 is 11.3 Å². The molecule has 1 aliphatic rings. The fraction of sp³-hybridized carbons (Fsp3) is 0.727. The first kappa shape index (κ1) is 10.9. The minimum Gasteiger partial charge on any atom is -0.376 e. The van der Waals surface area contributed by atoms with Crippen LogP contribution in [0.2, 0.25) is 0 Å². The second kappa shape index (κ2) is 4.94. The van der Waals surface area contributed by atoms with Gasteiger partial charge in [-0.1, -0.05) is 0 Å². The minimum absolute atomic E-state index is 0.399. The molecule has 2 rings (SSSR count). The van der Waals surface area contributed by atoms with Crippen molar-refractivity contribution in [2.24, 2.45) is 0 Å². The van der Waals surface area contributed by atoms with Crippen LogP contribution in [0.25, 0.3) is 0 Å². The lowest BCUT2D eigenvalue weighted by atomic mass is 10.2. The van der Waals surface area contributed by atoms with Crippen molar-refractivity contribution in [1.82, 2.24) is 4.98 Å². The highest BCUT2D eigenvalue weighted by Crippen LogP contribution is 2.23. The third-order valence-corrected chi connectivity index (χ3v) is 3.52. The molecular formula is C11H18N2OS. The number of aromatic nitrogens is 1. The van der Waals surface area contributed by atoms with Gasteiger partial charge in [0.1, 0.15) is 0 Å². The summed E-state index contributed by atoms with van der Waals surface area (Å²) in [4.78, 5) is 6.70. The average molecular weight is 226 g/mol. The third-order valence-electron chi connectivity index (χ3n) is 2.71. The van der Waals surface area contributed by atoms with Crippen LogP contribution in [-0.2, 0) is 4.74 Å². The predicted molar refractivity (Wildman–Crippen MR) is 63.6 cm³/mol. The molecular weight excluding hydrogens is 208 g/mol. The average Bonchev–Trinajstić information content (AvgIpc) is 2.87. The molecule has 0 amide bonds. The Labute approximate surface area is 95.1 Å². The van der Waals surface area contributed by atoms with Gasteiger partial charge in [-0.2, -0.15) is 0 Å². The summed E-state index contributed by atoms with van der Waals surface area (Å²) in [5, 5.41) is 3.14. The molecule has 1 aromatic heterocycles. The Balaban J connectivity index is 2.00. The van der Waals surface area contributed by atoms with Crippen LogP contribution in [0.5, 0.6) is 0 Å². The molecule has 0 aromatic carbocycles. The molecule has 84 valence electrons. The maximum atomic E-state index is 5.67. The molecule has 1 unspecified atom stereocenters. The van der Waals surface area contributed by atoms with E-state index in [9.17, 15) is 0 Å². The van der Waals surface area contributed by atoms with Crippen LogP contribution in [0.4, 0.5) is 5.13 Å². The summed E-state index contributed by atoms with van der Waals surface area (Å²) in [6.45, 7) is 6.31. The zero-order valence-corrected chi connectivity index (χ0v) is 10.2. The van der Waals surface area contributed by atoms with E-state index in [4.69, 9.17) is 4.74 Å². The maximum absolute atomic E-state index is 5.67. The second-order valence-electron chi connectivity index (χ2n) is 4.20. The van der Waals surface area contributed by atoms with Crippen molar-refractivity contribution in [2.75, 3.05) is 18.1 Å². The van der Waals surface area contributed by atoms with E-state index in [-0.39, 0.29) is 0 Å². The predicted octanol–water partition coefficient (Wildman–Crippen LogP) is 2.54. The molecule has 0 saturated carbocycles. The normalized spacial score (nSPS) is 21.1. The number of hydrogen-bond acceptors (Lipinski definition) is 4. The lowest BCUT2D eigenvalue weighted by molar-refractivity contribution is 0.114. The lowest BCUT2D eigenvalue weighted by Crippen LogP contribution is -2.37. The molecule has 1 atom stereocenters. The number of rotatable bonds is 4. The molecule has 1 fully saturated rings. The standard InChI is InChI=1S/C11H18N2OS/c1-9(2)13(11-12-5-7-15-11)8-10-4-3-6-14-10/h5,7,9-10H,3-4,6,8H2,1-2H3. The van der Waals surface area contributed by atoms with E-state index in [0.717, 1.165) is 18.3 Å². The molecule has 0 radical (unpaired) electrons. The quantitative estimate of drug-likeness (QED) is 0.789. The first-order chi connectivity index (χ1) is 7.27. The molecule has 15 heavy (non-hydrogen) atoms. The number of hydrogen-bond donors (Lipinski definition) is 0. The van der Waals surface area contributed by atoms with Crippen LogP contribution in [-0.4, -0.2) is 30.3 Å². The van der Waals surface area contributed by atoms with Gasteiger partial charge in [-0.3, -0.25) is 0 Å². The molecule has 1 saturated heterocycles. The number of nitrogens with zero attached hydrogens (tertiary/aromatic N) is 2. The molecule has 0 spiro atoms. The molecule has 0 aliphatic carbocycles. The molecule has 2 heterocycles. The summed E-state index contributed by atoms with van der Waals surface area (Å²) in [7, 11) is 0. The highest BCUT2D eigenvalue weighted by molar-refractivity contribution is 7.13. The second-order valence-corrected chi connectivity index (χ2v) is 5.07. The van der Waals surface area contributed by atoms with E-state index < -0.39 is 0 Å². The van der Waals surface area contributed by atoms with Crippen molar-refractivity contribution in [3.05, 3.63) is 11.6 Å². The lowest BCUT2D eigenvalue weighted by Gasteiger charge is -2.28. The van der Waals surface area contributed by atoms with Gasteiger partial charge in [-0.15, -0.1) is 11.3 Å². The number of thiazole rings is 1. The van der Waals surface area contributed by atoms with Gasteiger partial charge in [0.15, 0.2) is 5.13 Å². The Bertz CT molecular complexity index is 281. The van der Waals surface area contributed by atoms with Crippen molar-refractivity contribution in [3.8, 4) is 0 Å². The van der Waals surface area contributed by atoms with E-state index in [0.29, 0.717) is 12.1 Å². The van der Waals surface area contributed by atoms with Crippen LogP contribution in [0.3, 0.4) is 0 Å². The van der Waals surface area contributed by atoms with Gasteiger partial charge in [0, 0.05) is 30.8 Å². The third kappa shape index (κ3) is 2.69. The topological polar surface area (TPSA) is 25.4 Å². The highest BCUT2D eigenvalue weighted by Gasteiger charge is 2.22. The van der Waals surface area contributed by atoms with E-state index in [2.05, 4.69) is 23.7 Å². The van der Waals surface area contributed by atoms with Gasteiger partial charge in [-0.05, 0) is 26.7 Å². The molecule has 0 bridgehead atoms. The largest absolute Gasteiger partial charge is 0.376 e. The SMILES string of the molecule is CC(C)N(CC1CCCO1)c1nccs1. The van der Waals surface area contributed by atoms with Crippen molar-refractivity contribution >= 4 is 16.5 Å². The van der Waals surface area contributed by atoms with Crippen LogP contribution in [0.1, 0.15) is 26.7 Å². The van der Waals surface area contributed by atoms with E-state index in [1.54, 1.807) is 11.3 Å². The Morgan fingerprint density at radius 3 is 3.07 bits per heavy atom. The van der Waals surface area contributed by atoms with Gasteiger partial charge in [0.2, 0.25) is 0 Å². The highest BCUT2D eigenvalue weighted by atomic mass is 32.1. The summed E-state index contributed by atoms with van der Waals surface area (Å²) >= 11 is 1.70. The van der Waals surface area contributed by atoms with Crippen LogP contribution in [0.15, 0.2) is 11.6 Å². The Hall–Kier alpha value is -0.610. The Morgan fingerprint density at radius 1 is 1.67 bits per heavy atom.